The third-order valence-corrected chi connectivity index (χ3v) is 3.14. The largest absolute Gasteiger partial charge is 0.464 e. The molecule has 0 unspecified atom stereocenters. The van der Waals surface area contributed by atoms with Crippen LogP contribution in [0.15, 0.2) is 16.5 Å². The maximum absolute atomic E-state index is 5.66. The highest BCUT2D eigenvalue weighted by Gasteiger charge is 2.00. The first-order chi connectivity index (χ1) is 8.72. The second-order valence-electron chi connectivity index (χ2n) is 4.77. The van der Waals surface area contributed by atoms with Crippen molar-refractivity contribution in [1.82, 2.24) is 5.32 Å². The SMILES string of the molecule is CSCc1ccc(CNCCOCCC(C)C)o1. The van der Waals surface area contributed by atoms with E-state index in [1.165, 1.54) is 0 Å². The van der Waals surface area contributed by atoms with E-state index >= 15 is 0 Å². The number of rotatable bonds is 10. The Morgan fingerprint density at radius 3 is 2.78 bits per heavy atom. The lowest BCUT2D eigenvalue weighted by Crippen LogP contribution is -2.19. The van der Waals surface area contributed by atoms with Crippen LogP contribution < -0.4 is 5.32 Å². The van der Waals surface area contributed by atoms with E-state index in [2.05, 4.69) is 25.4 Å². The molecule has 0 saturated heterocycles. The summed E-state index contributed by atoms with van der Waals surface area (Å²) >= 11 is 1.77. The van der Waals surface area contributed by atoms with Gasteiger partial charge < -0.3 is 14.5 Å². The van der Waals surface area contributed by atoms with Crippen molar-refractivity contribution in [1.29, 1.82) is 0 Å². The van der Waals surface area contributed by atoms with E-state index < -0.39 is 0 Å². The Morgan fingerprint density at radius 2 is 2.06 bits per heavy atom. The molecule has 0 amide bonds. The fourth-order valence-corrected chi connectivity index (χ4v) is 1.95. The van der Waals surface area contributed by atoms with E-state index in [1.807, 2.05) is 12.1 Å². The molecule has 104 valence electrons. The second-order valence-corrected chi connectivity index (χ2v) is 5.64. The lowest BCUT2D eigenvalue weighted by Gasteiger charge is -2.06. The minimum absolute atomic E-state index is 0.718. The van der Waals surface area contributed by atoms with Gasteiger partial charge in [-0.2, -0.15) is 11.8 Å². The van der Waals surface area contributed by atoms with Crippen LogP contribution in [0.5, 0.6) is 0 Å². The van der Waals surface area contributed by atoms with E-state index in [0.717, 1.165) is 55.9 Å². The molecule has 0 aliphatic carbocycles. The summed E-state index contributed by atoms with van der Waals surface area (Å²) in [5.41, 5.74) is 0. The molecule has 0 aliphatic rings. The Morgan fingerprint density at radius 1 is 1.28 bits per heavy atom. The quantitative estimate of drug-likeness (QED) is 0.662. The molecule has 1 aromatic rings. The molecular formula is C14H25NO2S. The van der Waals surface area contributed by atoms with Crippen molar-refractivity contribution in [2.45, 2.75) is 32.6 Å². The van der Waals surface area contributed by atoms with E-state index in [4.69, 9.17) is 9.15 Å². The number of hydrogen-bond donors (Lipinski definition) is 1. The van der Waals surface area contributed by atoms with Crippen LogP contribution in [0.1, 0.15) is 31.8 Å². The Labute approximate surface area is 115 Å². The maximum Gasteiger partial charge on any atom is 0.118 e. The number of thioether (sulfide) groups is 1. The van der Waals surface area contributed by atoms with Gasteiger partial charge >= 0.3 is 0 Å². The highest BCUT2D eigenvalue weighted by Crippen LogP contribution is 2.12. The molecule has 0 saturated carbocycles. The van der Waals surface area contributed by atoms with Crippen LogP contribution in [-0.2, 0) is 17.0 Å². The maximum atomic E-state index is 5.66. The third kappa shape index (κ3) is 7.09. The molecular weight excluding hydrogens is 246 g/mol. The van der Waals surface area contributed by atoms with Crippen LogP contribution in [0.25, 0.3) is 0 Å². The average molecular weight is 271 g/mol. The molecule has 1 N–H and O–H groups in total. The van der Waals surface area contributed by atoms with Gasteiger partial charge in [0.15, 0.2) is 0 Å². The first-order valence-corrected chi connectivity index (χ1v) is 7.96. The van der Waals surface area contributed by atoms with Crippen molar-refractivity contribution in [3.05, 3.63) is 23.7 Å². The van der Waals surface area contributed by atoms with Crippen molar-refractivity contribution in [3.8, 4) is 0 Å². The Balaban J connectivity index is 2.00. The van der Waals surface area contributed by atoms with Gasteiger partial charge in [-0.05, 0) is 30.7 Å². The highest BCUT2D eigenvalue weighted by atomic mass is 32.2. The molecule has 0 radical (unpaired) electrons. The molecule has 0 aliphatic heterocycles. The Bertz CT molecular complexity index is 312. The predicted molar refractivity (Wildman–Crippen MR) is 77.9 cm³/mol. The Hall–Kier alpha value is -0.450. The molecule has 0 spiro atoms. The van der Waals surface area contributed by atoms with Crippen molar-refractivity contribution >= 4 is 11.8 Å². The van der Waals surface area contributed by atoms with E-state index in [0.29, 0.717) is 0 Å². The number of furan rings is 1. The lowest BCUT2D eigenvalue weighted by molar-refractivity contribution is 0.125. The molecule has 0 atom stereocenters. The van der Waals surface area contributed by atoms with Gasteiger partial charge in [-0.1, -0.05) is 13.8 Å². The minimum atomic E-state index is 0.718. The summed E-state index contributed by atoms with van der Waals surface area (Å²) in [6.07, 6.45) is 3.21. The van der Waals surface area contributed by atoms with Crippen molar-refractivity contribution in [2.75, 3.05) is 26.0 Å². The summed E-state index contributed by atoms with van der Waals surface area (Å²) < 4.78 is 11.2. The summed E-state index contributed by atoms with van der Waals surface area (Å²) in [5, 5.41) is 3.32. The van der Waals surface area contributed by atoms with Crippen molar-refractivity contribution in [2.24, 2.45) is 5.92 Å². The summed E-state index contributed by atoms with van der Waals surface area (Å²) in [6, 6.07) is 4.09. The zero-order chi connectivity index (χ0) is 13.2. The molecule has 1 rings (SSSR count). The lowest BCUT2D eigenvalue weighted by atomic mass is 10.1. The van der Waals surface area contributed by atoms with Gasteiger partial charge in [0.1, 0.15) is 11.5 Å². The molecule has 0 aromatic carbocycles. The summed E-state index contributed by atoms with van der Waals surface area (Å²) in [6.45, 7) is 7.71. The van der Waals surface area contributed by atoms with Crippen LogP contribution >= 0.6 is 11.8 Å². The van der Waals surface area contributed by atoms with Gasteiger partial charge in [-0.25, -0.2) is 0 Å². The van der Waals surface area contributed by atoms with Gasteiger partial charge in [0.25, 0.3) is 0 Å². The monoisotopic (exact) mass is 271 g/mol. The summed E-state index contributed by atoms with van der Waals surface area (Å²) in [4.78, 5) is 0. The van der Waals surface area contributed by atoms with Crippen LogP contribution in [0, 0.1) is 5.92 Å². The number of nitrogens with one attached hydrogen (secondary N) is 1. The van der Waals surface area contributed by atoms with E-state index in [1.54, 1.807) is 11.8 Å². The van der Waals surface area contributed by atoms with Gasteiger partial charge in [-0.3, -0.25) is 0 Å². The molecule has 0 bridgehead atoms. The third-order valence-electron chi connectivity index (χ3n) is 2.57. The Kier molecular flexibility index (Phi) is 8.22. The van der Waals surface area contributed by atoms with Gasteiger partial charge in [0.05, 0.1) is 18.9 Å². The molecule has 1 heterocycles. The van der Waals surface area contributed by atoms with Crippen LogP contribution in [0.3, 0.4) is 0 Å². The van der Waals surface area contributed by atoms with E-state index in [9.17, 15) is 0 Å². The molecule has 1 aromatic heterocycles. The highest BCUT2D eigenvalue weighted by molar-refractivity contribution is 7.97. The molecule has 3 nitrogen and oxygen atoms in total. The first kappa shape index (κ1) is 15.6. The van der Waals surface area contributed by atoms with Gasteiger partial charge in [-0.15, -0.1) is 0 Å². The molecule has 0 fully saturated rings. The van der Waals surface area contributed by atoms with Gasteiger partial charge in [0.2, 0.25) is 0 Å². The zero-order valence-corrected chi connectivity index (χ0v) is 12.5. The normalized spacial score (nSPS) is 11.3. The first-order valence-electron chi connectivity index (χ1n) is 6.57. The van der Waals surface area contributed by atoms with Crippen molar-refractivity contribution in [3.63, 3.8) is 0 Å². The second kappa shape index (κ2) is 9.48. The average Bonchev–Trinajstić information content (AvgIpc) is 2.76. The molecule has 18 heavy (non-hydrogen) atoms. The van der Waals surface area contributed by atoms with Crippen LogP contribution in [0.2, 0.25) is 0 Å². The van der Waals surface area contributed by atoms with Crippen LogP contribution in [-0.4, -0.2) is 26.0 Å². The zero-order valence-electron chi connectivity index (χ0n) is 11.7. The van der Waals surface area contributed by atoms with Gasteiger partial charge in [0, 0.05) is 13.2 Å². The summed E-state index contributed by atoms with van der Waals surface area (Å²) in [5.74, 6) is 3.71. The standard InChI is InChI=1S/C14H25NO2S/c1-12(2)6-8-16-9-7-15-10-13-4-5-14(17-13)11-18-3/h4-5,12,15H,6-11H2,1-3H3. The fourth-order valence-electron chi connectivity index (χ4n) is 1.51. The smallest absolute Gasteiger partial charge is 0.118 e. The van der Waals surface area contributed by atoms with Crippen molar-refractivity contribution < 1.29 is 9.15 Å². The summed E-state index contributed by atoms with van der Waals surface area (Å²) in [7, 11) is 0. The fraction of sp³-hybridized carbons (Fsp3) is 0.714. The molecule has 4 heteroatoms. The number of ether oxygens (including phenoxy) is 1. The number of hydrogen-bond acceptors (Lipinski definition) is 4. The van der Waals surface area contributed by atoms with E-state index in [-0.39, 0.29) is 0 Å². The minimum Gasteiger partial charge on any atom is -0.464 e. The van der Waals surface area contributed by atoms with Crippen LogP contribution in [0.4, 0.5) is 0 Å². The predicted octanol–water partition coefficient (Wildman–Crippen LogP) is 3.29. The topological polar surface area (TPSA) is 34.4 Å².